The zero-order chi connectivity index (χ0) is 31.6. The molecule has 5 heteroatoms. The summed E-state index contributed by atoms with van der Waals surface area (Å²) in [5.41, 5.74) is 10.4. The van der Waals surface area contributed by atoms with Gasteiger partial charge >= 0.3 is 283 Å². The zero-order valence-corrected chi connectivity index (χ0v) is 30.1. The second-order valence-electron chi connectivity index (χ2n) is 15.3. The van der Waals surface area contributed by atoms with Crippen LogP contribution >= 0.6 is 0 Å². The van der Waals surface area contributed by atoms with Crippen molar-refractivity contribution in [2.45, 2.75) is 95.8 Å². The second-order valence-corrected chi connectivity index (χ2v) is 17.9. The van der Waals surface area contributed by atoms with Crippen molar-refractivity contribution < 1.29 is 17.6 Å². The molecule has 46 heavy (non-hydrogen) atoms. The van der Waals surface area contributed by atoms with E-state index in [9.17, 15) is 0 Å². The van der Waals surface area contributed by atoms with E-state index in [1.165, 1.54) is 79.0 Å². The fourth-order valence-corrected chi connectivity index (χ4v) is 13.5. The van der Waals surface area contributed by atoms with Crippen LogP contribution in [0.1, 0.15) is 89.5 Å². The minimum atomic E-state index is -0.622. The van der Waals surface area contributed by atoms with Gasteiger partial charge in [-0.15, -0.1) is 0 Å². The van der Waals surface area contributed by atoms with Crippen molar-refractivity contribution in [1.82, 2.24) is 0 Å². The second kappa shape index (κ2) is 9.77. The van der Waals surface area contributed by atoms with Crippen LogP contribution in [0.3, 0.4) is 0 Å². The molecule has 4 heterocycles. The molecule has 0 N–H and O–H groups in total. The van der Waals surface area contributed by atoms with Crippen LogP contribution in [0.5, 0.6) is 0 Å². The van der Waals surface area contributed by atoms with E-state index in [-0.39, 0.29) is 16.5 Å². The summed E-state index contributed by atoms with van der Waals surface area (Å²) < 4.78 is 3.06. The average molecular weight is 788 g/mol. The maximum absolute atomic E-state index is 2.84. The molecule has 9 rings (SSSR count). The Labute approximate surface area is 282 Å². The summed E-state index contributed by atoms with van der Waals surface area (Å²) in [6.45, 7) is 14.6. The van der Waals surface area contributed by atoms with Gasteiger partial charge in [0.25, 0.3) is 0 Å². The molecule has 2 unspecified atom stereocenters. The molecule has 0 spiro atoms. The number of fused-ring (bicyclic) bond motifs is 13. The molecule has 5 aliphatic rings. The molecule has 4 aromatic carbocycles. The number of rotatable bonds is 0. The van der Waals surface area contributed by atoms with E-state index in [0.29, 0.717) is 12.1 Å². The van der Waals surface area contributed by atoms with Crippen molar-refractivity contribution in [1.29, 1.82) is 0 Å². The van der Waals surface area contributed by atoms with Crippen LogP contribution in [0.4, 0.5) is 22.7 Å². The molecule has 4 aromatic rings. The number of hydrogen-bond acceptors (Lipinski definition) is 4. The minimum absolute atomic E-state index is 0.152. The summed E-state index contributed by atoms with van der Waals surface area (Å²) in [6.07, 6.45) is 5.03. The standard InChI is InChI=1S/C41H44N4.Pt/c1-39(2)29-15-13-17-31(25-29)40(3,4)44-27-42(35-21-9-11-23-37(35)44)33-19-7-8-20-34(33)43-28-45(38-24-12-10-22-36(38)43)41(5,6)32-18-14-16-30(39)26-32;/h9-18,21-26,33-34H,7-8,19-20H2,1-6H3;. The Morgan fingerprint density at radius 3 is 1.33 bits per heavy atom. The molecular weight excluding hydrogens is 744 g/mol. The van der Waals surface area contributed by atoms with Crippen molar-refractivity contribution in [3.63, 3.8) is 0 Å². The van der Waals surface area contributed by atoms with E-state index >= 15 is 0 Å². The predicted molar refractivity (Wildman–Crippen MR) is 190 cm³/mol. The third-order valence-electron chi connectivity index (χ3n) is 11.7. The molecule has 6 bridgehead atoms. The number of benzene rings is 4. The van der Waals surface area contributed by atoms with E-state index in [1.54, 1.807) is 0 Å². The first-order valence-corrected chi connectivity index (χ1v) is 19.3. The van der Waals surface area contributed by atoms with Gasteiger partial charge in [-0.25, -0.2) is 0 Å². The first-order chi connectivity index (χ1) is 22.1. The Bertz CT molecular complexity index is 1840. The first kappa shape index (κ1) is 28.7. The average Bonchev–Trinajstić information content (AvgIpc) is 3.53. The Morgan fingerprint density at radius 1 is 0.500 bits per heavy atom. The van der Waals surface area contributed by atoms with E-state index in [4.69, 9.17) is 0 Å². The molecule has 4 nitrogen and oxygen atoms in total. The molecule has 238 valence electrons. The van der Waals surface area contributed by atoms with Gasteiger partial charge in [-0.3, -0.25) is 0 Å². The molecule has 1 fully saturated rings. The van der Waals surface area contributed by atoms with Crippen molar-refractivity contribution in [2.24, 2.45) is 0 Å². The van der Waals surface area contributed by atoms with Gasteiger partial charge in [0.15, 0.2) is 0 Å². The summed E-state index contributed by atoms with van der Waals surface area (Å²) >= 11 is -0.622. The molecule has 0 saturated heterocycles. The zero-order valence-electron chi connectivity index (χ0n) is 27.8. The number of hydrogen-bond donors (Lipinski definition) is 0. The van der Waals surface area contributed by atoms with Gasteiger partial charge in [-0.1, -0.05) is 0 Å². The van der Waals surface area contributed by atoms with Crippen LogP contribution in [0, 0.1) is 0 Å². The van der Waals surface area contributed by atoms with Crippen LogP contribution in [0.15, 0.2) is 97.1 Å². The van der Waals surface area contributed by atoms with Gasteiger partial charge in [-0.05, 0) is 0 Å². The molecule has 4 aliphatic heterocycles. The van der Waals surface area contributed by atoms with Gasteiger partial charge in [0.1, 0.15) is 0 Å². The van der Waals surface area contributed by atoms with Gasteiger partial charge in [0.05, 0.1) is 0 Å². The number of nitrogens with zero attached hydrogens (tertiary/aromatic N) is 4. The van der Waals surface area contributed by atoms with Crippen molar-refractivity contribution in [3.05, 3.63) is 119 Å². The van der Waals surface area contributed by atoms with E-state index in [2.05, 4.69) is 158 Å². The summed E-state index contributed by atoms with van der Waals surface area (Å²) in [4.78, 5) is 11.2. The molecule has 0 amide bonds. The molecule has 0 radical (unpaired) electrons. The molecule has 1 saturated carbocycles. The number of anilines is 4. The fraction of sp³-hybridized carbons (Fsp3) is 0.366. The molecule has 2 atom stereocenters. The summed E-state index contributed by atoms with van der Waals surface area (Å²) in [5.74, 6) is 0. The summed E-state index contributed by atoms with van der Waals surface area (Å²) in [6, 6.07) is 38.5. The Kier molecular flexibility index (Phi) is 6.10. The van der Waals surface area contributed by atoms with E-state index in [1.807, 2.05) is 0 Å². The predicted octanol–water partition coefficient (Wildman–Crippen LogP) is 8.73. The van der Waals surface area contributed by atoms with Crippen molar-refractivity contribution in [3.8, 4) is 0 Å². The Morgan fingerprint density at radius 2 is 0.891 bits per heavy atom. The maximum atomic E-state index is 2.84. The summed E-state index contributed by atoms with van der Waals surface area (Å²) in [5, 5.41) is 0. The molecular formula is C41H44N4Pt. The van der Waals surface area contributed by atoms with Crippen LogP contribution in [-0.4, -0.2) is 20.4 Å². The van der Waals surface area contributed by atoms with E-state index < -0.39 is 17.6 Å². The first-order valence-electron chi connectivity index (χ1n) is 17.0. The quantitative estimate of drug-likeness (QED) is 0.177. The molecule has 0 aromatic heterocycles. The normalized spacial score (nSPS) is 24.7. The van der Waals surface area contributed by atoms with E-state index in [0.717, 1.165) is 0 Å². The van der Waals surface area contributed by atoms with Crippen molar-refractivity contribution >= 4 is 31.0 Å². The molecule has 1 aliphatic carbocycles. The third-order valence-corrected chi connectivity index (χ3v) is 14.8. The third kappa shape index (κ3) is 3.77. The van der Waals surface area contributed by atoms with Crippen LogP contribution in [-0.2, 0) is 34.1 Å². The van der Waals surface area contributed by atoms with Gasteiger partial charge in [0, 0.05) is 0 Å². The van der Waals surface area contributed by atoms with Crippen LogP contribution in [0.2, 0.25) is 0 Å². The monoisotopic (exact) mass is 787 g/mol. The van der Waals surface area contributed by atoms with Crippen LogP contribution < -0.4 is 19.6 Å². The number of para-hydroxylation sites is 4. The Balaban J connectivity index is 1.43. The van der Waals surface area contributed by atoms with Crippen LogP contribution in [0.25, 0.3) is 0 Å². The Hall–Kier alpha value is -3.49. The van der Waals surface area contributed by atoms with Crippen molar-refractivity contribution in [2.75, 3.05) is 19.6 Å². The van der Waals surface area contributed by atoms with Gasteiger partial charge < -0.3 is 0 Å². The van der Waals surface area contributed by atoms with Gasteiger partial charge in [0.2, 0.25) is 0 Å². The fourth-order valence-electron chi connectivity index (χ4n) is 8.84. The van der Waals surface area contributed by atoms with Gasteiger partial charge in [-0.2, -0.15) is 0 Å². The summed E-state index contributed by atoms with van der Waals surface area (Å²) in [7, 11) is 0. The topological polar surface area (TPSA) is 13.0 Å². The SMILES string of the molecule is CC1(C)c2cccc(c2)C(C)(C)N2[C]3=[Pt]=[C]4N(c5ccccc5N4C(C)(C)c4cccc1c4)C1CCCCC1N3c1ccccc12.